The summed E-state index contributed by atoms with van der Waals surface area (Å²) in [6.45, 7) is 2.56. The van der Waals surface area contributed by atoms with Crippen molar-refractivity contribution in [3.05, 3.63) is 35.6 Å². The van der Waals surface area contributed by atoms with Crippen molar-refractivity contribution >= 4 is 10.0 Å². The van der Waals surface area contributed by atoms with Gasteiger partial charge >= 0.3 is 0 Å². The molecular weight excluding hydrogens is 303 g/mol. The lowest BCUT2D eigenvalue weighted by molar-refractivity contribution is 0.164. The minimum Gasteiger partial charge on any atom is -0.299 e. The number of rotatable bonds is 5. The fourth-order valence-electron chi connectivity index (χ4n) is 3.10. The van der Waals surface area contributed by atoms with Gasteiger partial charge in [-0.25, -0.2) is 17.1 Å². The first-order valence-electron chi connectivity index (χ1n) is 7.90. The van der Waals surface area contributed by atoms with Crippen LogP contribution in [-0.2, 0) is 16.6 Å². The van der Waals surface area contributed by atoms with Crippen molar-refractivity contribution in [2.75, 3.05) is 20.1 Å². The molecule has 1 aromatic rings. The molecule has 0 spiro atoms. The van der Waals surface area contributed by atoms with Crippen molar-refractivity contribution in [3.63, 3.8) is 0 Å². The summed E-state index contributed by atoms with van der Waals surface area (Å²) in [5, 5.41) is -0.130. The topological polar surface area (TPSA) is 40.6 Å². The van der Waals surface area contributed by atoms with Gasteiger partial charge in [0, 0.05) is 32.7 Å². The van der Waals surface area contributed by atoms with Gasteiger partial charge in [0.05, 0.1) is 5.25 Å². The minimum absolute atomic E-state index is 0.120. The first-order chi connectivity index (χ1) is 10.5. The number of halogens is 1. The monoisotopic (exact) mass is 326 g/mol. The predicted molar refractivity (Wildman–Crippen MR) is 84.4 cm³/mol. The molecule has 6 heteroatoms. The summed E-state index contributed by atoms with van der Waals surface area (Å²) >= 11 is 0. The zero-order valence-electron chi connectivity index (χ0n) is 12.9. The number of benzene rings is 1. The maximum absolute atomic E-state index is 12.9. The summed E-state index contributed by atoms with van der Waals surface area (Å²) in [6, 6.07) is 6.71. The third kappa shape index (κ3) is 3.50. The minimum atomic E-state index is -3.07. The Bertz CT molecular complexity index is 606. The van der Waals surface area contributed by atoms with Crippen LogP contribution in [0.1, 0.15) is 31.2 Å². The lowest BCUT2D eigenvalue weighted by atomic mass is 10.0. The molecule has 22 heavy (non-hydrogen) atoms. The number of piperidine rings is 1. The lowest BCUT2D eigenvalue weighted by Gasteiger charge is -2.36. The van der Waals surface area contributed by atoms with Crippen LogP contribution in [0.3, 0.4) is 0 Å². The largest absolute Gasteiger partial charge is 0.299 e. The highest BCUT2D eigenvalue weighted by Gasteiger charge is 2.41. The molecule has 0 N–H and O–H groups in total. The molecule has 0 unspecified atom stereocenters. The third-order valence-electron chi connectivity index (χ3n) is 4.74. The molecule has 122 valence electrons. The Morgan fingerprint density at radius 2 is 1.73 bits per heavy atom. The van der Waals surface area contributed by atoms with E-state index in [1.165, 1.54) is 12.1 Å². The predicted octanol–water partition coefficient (Wildman–Crippen LogP) is 2.21. The second-order valence-electron chi connectivity index (χ2n) is 6.39. The van der Waals surface area contributed by atoms with E-state index >= 15 is 0 Å². The first kappa shape index (κ1) is 15.9. The highest BCUT2D eigenvalue weighted by Crippen LogP contribution is 2.32. The number of hydrogen-bond donors (Lipinski definition) is 0. The van der Waals surface area contributed by atoms with Crippen molar-refractivity contribution in [1.82, 2.24) is 9.21 Å². The Morgan fingerprint density at radius 3 is 2.27 bits per heavy atom. The van der Waals surface area contributed by atoms with Gasteiger partial charge in [-0.1, -0.05) is 12.1 Å². The van der Waals surface area contributed by atoms with Crippen LogP contribution in [0.2, 0.25) is 0 Å². The van der Waals surface area contributed by atoms with Gasteiger partial charge in [0.1, 0.15) is 5.82 Å². The van der Waals surface area contributed by atoms with Gasteiger partial charge in [0.2, 0.25) is 10.0 Å². The summed E-state index contributed by atoms with van der Waals surface area (Å²) in [7, 11) is -1.34. The molecule has 0 bridgehead atoms. The molecule has 1 aliphatic carbocycles. The van der Waals surface area contributed by atoms with Crippen LogP contribution in [0.4, 0.5) is 4.39 Å². The van der Waals surface area contributed by atoms with Gasteiger partial charge in [-0.2, -0.15) is 0 Å². The molecule has 3 rings (SSSR count). The van der Waals surface area contributed by atoms with E-state index in [-0.39, 0.29) is 17.1 Å². The maximum atomic E-state index is 12.9. The van der Waals surface area contributed by atoms with Crippen LogP contribution in [0.15, 0.2) is 24.3 Å². The summed E-state index contributed by atoms with van der Waals surface area (Å²) < 4.78 is 39.1. The Kier molecular flexibility index (Phi) is 4.52. The van der Waals surface area contributed by atoms with E-state index < -0.39 is 10.0 Å². The number of likely N-dealkylation sites (tertiary alicyclic amines) is 1. The van der Waals surface area contributed by atoms with Crippen molar-refractivity contribution in [2.45, 2.75) is 43.5 Å². The summed E-state index contributed by atoms with van der Waals surface area (Å²) in [5.41, 5.74) is 1.10. The van der Waals surface area contributed by atoms with Gasteiger partial charge in [-0.15, -0.1) is 0 Å². The van der Waals surface area contributed by atoms with Gasteiger partial charge in [-0.3, -0.25) is 4.90 Å². The van der Waals surface area contributed by atoms with Crippen LogP contribution in [0, 0.1) is 5.82 Å². The fourth-order valence-corrected chi connectivity index (χ4v) is 4.93. The maximum Gasteiger partial charge on any atom is 0.216 e. The van der Waals surface area contributed by atoms with E-state index in [0.29, 0.717) is 0 Å². The molecule has 2 fully saturated rings. The smallest absolute Gasteiger partial charge is 0.216 e. The van der Waals surface area contributed by atoms with Crippen LogP contribution in [0.5, 0.6) is 0 Å². The fraction of sp³-hybridized carbons (Fsp3) is 0.625. The second-order valence-corrected chi connectivity index (χ2v) is 8.67. The normalized spacial score (nSPS) is 21.4. The zero-order chi connectivity index (χ0) is 15.7. The van der Waals surface area contributed by atoms with Crippen molar-refractivity contribution in [3.8, 4) is 0 Å². The number of nitrogens with zero attached hydrogens (tertiary/aromatic N) is 2. The molecule has 0 amide bonds. The van der Waals surface area contributed by atoms with Crippen LogP contribution in [-0.4, -0.2) is 49.1 Å². The van der Waals surface area contributed by atoms with Gasteiger partial charge in [0.25, 0.3) is 0 Å². The molecule has 2 aliphatic rings. The highest BCUT2D eigenvalue weighted by molar-refractivity contribution is 7.90. The van der Waals surface area contributed by atoms with E-state index in [2.05, 4.69) is 4.90 Å². The number of hydrogen-bond acceptors (Lipinski definition) is 3. The van der Waals surface area contributed by atoms with Gasteiger partial charge in [0.15, 0.2) is 0 Å². The van der Waals surface area contributed by atoms with Gasteiger partial charge < -0.3 is 0 Å². The lowest BCUT2D eigenvalue weighted by Crippen LogP contribution is -2.46. The molecule has 4 nitrogen and oxygen atoms in total. The molecule has 1 saturated heterocycles. The Hall–Kier alpha value is -0.980. The van der Waals surface area contributed by atoms with Crippen LogP contribution < -0.4 is 0 Å². The Balaban J connectivity index is 1.53. The average Bonchev–Trinajstić information content (AvgIpc) is 3.35. The molecule has 1 aliphatic heterocycles. The third-order valence-corrected chi connectivity index (χ3v) is 7.15. The van der Waals surface area contributed by atoms with E-state index in [9.17, 15) is 12.8 Å². The summed E-state index contributed by atoms with van der Waals surface area (Å²) in [4.78, 5) is 2.31. The molecule has 1 heterocycles. The average molecular weight is 326 g/mol. The Labute approximate surface area is 132 Å². The van der Waals surface area contributed by atoms with Crippen LogP contribution >= 0.6 is 0 Å². The zero-order valence-corrected chi connectivity index (χ0v) is 13.7. The van der Waals surface area contributed by atoms with Crippen LogP contribution in [0.25, 0.3) is 0 Å². The van der Waals surface area contributed by atoms with Crippen molar-refractivity contribution in [2.24, 2.45) is 0 Å². The summed E-state index contributed by atoms with van der Waals surface area (Å²) in [6.07, 6.45) is 3.36. The van der Waals surface area contributed by atoms with Crippen molar-refractivity contribution < 1.29 is 12.8 Å². The van der Waals surface area contributed by atoms with E-state index in [1.807, 2.05) is 12.1 Å². The molecule has 1 saturated carbocycles. The van der Waals surface area contributed by atoms with E-state index in [1.54, 1.807) is 11.4 Å². The van der Waals surface area contributed by atoms with Crippen molar-refractivity contribution in [1.29, 1.82) is 0 Å². The van der Waals surface area contributed by atoms with E-state index in [4.69, 9.17) is 0 Å². The standard InChI is InChI=1S/C16H23FN2O2S/c1-18(22(20,21)16-6-7-16)15-8-10-19(11-9-15)12-13-2-4-14(17)5-3-13/h2-5,15-16H,6-12H2,1H3. The molecule has 0 aromatic heterocycles. The molecule has 0 radical (unpaired) electrons. The molecule has 0 atom stereocenters. The van der Waals surface area contributed by atoms with Gasteiger partial charge in [-0.05, 0) is 43.4 Å². The quantitative estimate of drug-likeness (QED) is 0.833. The Morgan fingerprint density at radius 1 is 1.14 bits per heavy atom. The molecular formula is C16H23FN2O2S. The first-order valence-corrected chi connectivity index (χ1v) is 9.41. The molecule has 1 aromatic carbocycles. The second kappa shape index (κ2) is 6.26. The SMILES string of the molecule is CN(C1CCN(Cc2ccc(F)cc2)CC1)S(=O)(=O)C1CC1. The van der Waals surface area contributed by atoms with E-state index in [0.717, 1.165) is 50.9 Å². The number of sulfonamides is 1. The highest BCUT2D eigenvalue weighted by atomic mass is 32.2. The summed E-state index contributed by atoms with van der Waals surface area (Å²) in [5.74, 6) is -0.214.